The number of nitrogens with zero attached hydrogens (tertiary/aromatic N) is 2. The van der Waals surface area contributed by atoms with E-state index >= 15 is 0 Å². The molecule has 1 aliphatic heterocycles. The summed E-state index contributed by atoms with van der Waals surface area (Å²) in [6.45, 7) is 5.04. The Morgan fingerprint density at radius 1 is 1.53 bits per heavy atom. The third kappa shape index (κ3) is 2.41. The Morgan fingerprint density at radius 3 is 2.74 bits per heavy atom. The fraction of sp³-hybridized carbons (Fsp3) is 0.462. The van der Waals surface area contributed by atoms with Gasteiger partial charge < -0.3 is 15.8 Å². The third-order valence-electron chi connectivity index (χ3n) is 3.64. The number of benzene rings is 1. The molecular formula is C13H17BrFN3O. The van der Waals surface area contributed by atoms with E-state index in [0.29, 0.717) is 11.3 Å². The molecule has 0 bridgehead atoms. The topological polar surface area (TPSA) is 61.8 Å². The molecule has 19 heavy (non-hydrogen) atoms. The number of rotatable bonds is 2. The van der Waals surface area contributed by atoms with Crippen molar-refractivity contribution in [2.24, 2.45) is 10.9 Å². The largest absolute Gasteiger partial charge is 0.409 e. The summed E-state index contributed by atoms with van der Waals surface area (Å²) in [4.78, 5) is 2.06. The fourth-order valence-electron chi connectivity index (χ4n) is 2.55. The standard InChI is InChI=1S/C13H17BrFN3O/c1-13(2)6-3-7-18(13)9-5-4-8(12(16)17-19)10(14)11(9)15/h4-5,19H,3,6-7H2,1-2H3,(H2,16,17). The van der Waals surface area contributed by atoms with Gasteiger partial charge in [-0.3, -0.25) is 0 Å². The van der Waals surface area contributed by atoms with E-state index in [9.17, 15) is 4.39 Å². The van der Waals surface area contributed by atoms with Crippen LogP contribution < -0.4 is 10.6 Å². The second-order valence-electron chi connectivity index (χ2n) is 5.31. The van der Waals surface area contributed by atoms with E-state index in [4.69, 9.17) is 10.9 Å². The lowest BCUT2D eigenvalue weighted by Gasteiger charge is -2.34. The average Bonchev–Trinajstić information content (AvgIpc) is 2.71. The van der Waals surface area contributed by atoms with E-state index in [1.807, 2.05) is 0 Å². The van der Waals surface area contributed by atoms with Crippen molar-refractivity contribution in [1.29, 1.82) is 0 Å². The molecule has 1 fully saturated rings. The van der Waals surface area contributed by atoms with Gasteiger partial charge in [-0.2, -0.15) is 0 Å². The molecule has 0 amide bonds. The predicted octanol–water partition coefficient (Wildman–Crippen LogP) is 3.06. The molecule has 6 heteroatoms. The van der Waals surface area contributed by atoms with Crippen molar-refractivity contribution in [1.82, 2.24) is 0 Å². The van der Waals surface area contributed by atoms with Gasteiger partial charge in [0.25, 0.3) is 0 Å². The molecular weight excluding hydrogens is 313 g/mol. The summed E-state index contributed by atoms with van der Waals surface area (Å²) in [5.74, 6) is -0.489. The first-order valence-corrected chi connectivity index (χ1v) is 6.91. The monoisotopic (exact) mass is 329 g/mol. The Labute approximate surface area is 120 Å². The fourth-order valence-corrected chi connectivity index (χ4v) is 3.09. The summed E-state index contributed by atoms with van der Waals surface area (Å²) in [5.41, 5.74) is 6.35. The summed E-state index contributed by atoms with van der Waals surface area (Å²) in [6, 6.07) is 3.34. The molecule has 1 aromatic carbocycles. The Bertz CT molecular complexity index is 531. The molecule has 3 N–H and O–H groups in total. The maximum absolute atomic E-state index is 14.5. The van der Waals surface area contributed by atoms with Crippen LogP contribution in [0.2, 0.25) is 0 Å². The molecule has 0 unspecified atom stereocenters. The lowest BCUT2D eigenvalue weighted by molar-refractivity contribution is 0.318. The predicted molar refractivity (Wildman–Crippen MR) is 77.3 cm³/mol. The Balaban J connectivity index is 2.48. The molecule has 0 atom stereocenters. The van der Waals surface area contributed by atoms with Crippen LogP contribution in [0.4, 0.5) is 10.1 Å². The van der Waals surface area contributed by atoms with Crippen LogP contribution in [0, 0.1) is 5.82 Å². The minimum Gasteiger partial charge on any atom is -0.409 e. The summed E-state index contributed by atoms with van der Waals surface area (Å²) in [6.07, 6.45) is 2.08. The first-order valence-electron chi connectivity index (χ1n) is 6.12. The highest BCUT2D eigenvalue weighted by Gasteiger charge is 2.34. The summed E-state index contributed by atoms with van der Waals surface area (Å²) in [5, 5.41) is 11.6. The number of amidine groups is 1. The second-order valence-corrected chi connectivity index (χ2v) is 6.11. The van der Waals surface area contributed by atoms with Crippen LogP contribution in [0.3, 0.4) is 0 Å². The molecule has 2 rings (SSSR count). The summed E-state index contributed by atoms with van der Waals surface area (Å²) >= 11 is 3.18. The summed E-state index contributed by atoms with van der Waals surface area (Å²) < 4.78 is 14.7. The first-order chi connectivity index (χ1) is 8.88. The minimum atomic E-state index is -0.376. The SMILES string of the molecule is CC1(C)CCCN1c1ccc(/C(N)=N/O)c(Br)c1F. The number of hydrogen-bond acceptors (Lipinski definition) is 3. The highest BCUT2D eigenvalue weighted by atomic mass is 79.9. The molecule has 1 heterocycles. The van der Waals surface area contributed by atoms with Crippen molar-refractivity contribution in [3.8, 4) is 0 Å². The molecule has 0 spiro atoms. The van der Waals surface area contributed by atoms with E-state index in [-0.39, 0.29) is 21.7 Å². The van der Waals surface area contributed by atoms with Gasteiger partial charge in [0.15, 0.2) is 11.7 Å². The molecule has 104 valence electrons. The lowest BCUT2D eigenvalue weighted by Crippen LogP contribution is -2.38. The Morgan fingerprint density at radius 2 is 2.21 bits per heavy atom. The van der Waals surface area contributed by atoms with Crippen molar-refractivity contribution in [3.05, 3.63) is 28.0 Å². The first kappa shape index (κ1) is 14.1. The quantitative estimate of drug-likeness (QED) is 0.379. The Hall–Kier alpha value is -1.30. The van der Waals surface area contributed by atoms with Gasteiger partial charge in [-0.25, -0.2) is 4.39 Å². The maximum atomic E-state index is 14.5. The number of nitrogens with two attached hydrogens (primary N) is 1. The van der Waals surface area contributed by atoms with Crippen molar-refractivity contribution < 1.29 is 9.60 Å². The van der Waals surface area contributed by atoms with Crippen molar-refractivity contribution in [2.45, 2.75) is 32.2 Å². The van der Waals surface area contributed by atoms with Gasteiger partial charge in [0.1, 0.15) is 0 Å². The highest BCUT2D eigenvalue weighted by molar-refractivity contribution is 9.10. The Kier molecular flexibility index (Phi) is 3.71. The molecule has 1 aromatic rings. The normalized spacial score (nSPS) is 18.9. The van der Waals surface area contributed by atoms with Gasteiger partial charge in [0.05, 0.1) is 10.2 Å². The van der Waals surface area contributed by atoms with Gasteiger partial charge in [-0.1, -0.05) is 5.16 Å². The van der Waals surface area contributed by atoms with Gasteiger partial charge in [0, 0.05) is 17.6 Å². The minimum absolute atomic E-state index is 0.0571. The van der Waals surface area contributed by atoms with Gasteiger partial charge in [-0.15, -0.1) is 0 Å². The molecule has 0 aromatic heterocycles. The number of halogens is 2. The molecule has 0 saturated carbocycles. The van der Waals surface area contributed by atoms with Crippen LogP contribution in [0.15, 0.2) is 21.8 Å². The molecule has 1 aliphatic rings. The molecule has 0 aliphatic carbocycles. The number of oxime groups is 1. The highest BCUT2D eigenvalue weighted by Crippen LogP contribution is 2.37. The number of hydrogen-bond donors (Lipinski definition) is 2. The lowest BCUT2D eigenvalue weighted by atomic mass is 10.0. The molecule has 1 saturated heterocycles. The van der Waals surface area contributed by atoms with E-state index < -0.39 is 0 Å². The van der Waals surface area contributed by atoms with E-state index in [1.54, 1.807) is 12.1 Å². The van der Waals surface area contributed by atoms with Crippen LogP contribution in [0.25, 0.3) is 0 Å². The summed E-state index contributed by atoms with van der Waals surface area (Å²) in [7, 11) is 0. The van der Waals surface area contributed by atoms with E-state index in [2.05, 4.69) is 39.8 Å². The van der Waals surface area contributed by atoms with Crippen LogP contribution >= 0.6 is 15.9 Å². The van der Waals surface area contributed by atoms with Crippen LogP contribution in [0.5, 0.6) is 0 Å². The van der Waals surface area contributed by atoms with E-state index in [0.717, 1.165) is 19.4 Å². The van der Waals surface area contributed by atoms with Gasteiger partial charge in [0.2, 0.25) is 0 Å². The molecule has 0 radical (unpaired) electrons. The zero-order valence-corrected chi connectivity index (χ0v) is 12.5. The molecule has 4 nitrogen and oxygen atoms in total. The van der Waals surface area contributed by atoms with Crippen molar-refractivity contribution in [2.75, 3.05) is 11.4 Å². The third-order valence-corrected chi connectivity index (χ3v) is 4.41. The zero-order chi connectivity index (χ0) is 14.2. The van der Waals surface area contributed by atoms with Crippen molar-refractivity contribution in [3.63, 3.8) is 0 Å². The van der Waals surface area contributed by atoms with Crippen LogP contribution in [0.1, 0.15) is 32.3 Å². The zero-order valence-electron chi connectivity index (χ0n) is 11.0. The van der Waals surface area contributed by atoms with Gasteiger partial charge in [-0.05, 0) is 54.8 Å². The van der Waals surface area contributed by atoms with Crippen molar-refractivity contribution >= 4 is 27.5 Å². The van der Waals surface area contributed by atoms with Gasteiger partial charge >= 0.3 is 0 Å². The maximum Gasteiger partial charge on any atom is 0.171 e. The van der Waals surface area contributed by atoms with Crippen LogP contribution in [-0.2, 0) is 0 Å². The van der Waals surface area contributed by atoms with Crippen LogP contribution in [-0.4, -0.2) is 23.1 Å². The smallest absolute Gasteiger partial charge is 0.171 e. The number of anilines is 1. The second kappa shape index (κ2) is 5.00. The van der Waals surface area contributed by atoms with E-state index in [1.165, 1.54) is 0 Å². The average molecular weight is 330 g/mol.